The standard InChI is InChI=1S/C35H39NO6/c1-23(31-12-8-9-13-32(31)27-17-28(33(38)40-4)19-29(18-27)34(39)41-5)42-22-30(37)21-36-35(2,3)20-24-14-15-25-10-6-7-11-26(25)16-24/h6-19,23,30,36-37H,20-22H2,1-5H3/t23?,30-/m0/s1. The summed E-state index contributed by atoms with van der Waals surface area (Å²) < 4.78 is 15.9. The first-order chi connectivity index (χ1) is 20.1. The van der Waals surface area contributed by atoms with E-state index in [0.717, 1.165) is 17.5 Å². The fourth-order valence-corrected chi connectivity index (χ4v) is 5.09. The average molecular weight is 570 g/mol. The van der Waals surface area contributed by atoms with Gasteiger partial charge in [-0.3, -0.25) is 0 Å². The molecule has 42 heavy (non-hydrogen) atoms. The summed E-state index contributed by atoms with van der Waals surface area (Å²) in [5.74, 6) is -1.11. The van der Waals surface area contributed by atoms with Crippen LogP contribution in [0.4, 0.5) is 0 Å². The van der Waals surface area contributed by atoms with Gasteiger partial charge in [0.1, 0.15) is 0 Å². The van der Waals surface area contributed by atoms with Crippen LogP contribution in [0.2, 0.25) is 0 Å². The highest BCUT2D eigenvalue weighted by molar-refractivity contribution is 5.97. The number of fused-ring (bicyclic) bond motifs is 1. The number of nitrogens with one attached hydrogen (secondary N) is 1. The van der Waals surface area contributed by atoms with E-state index < -0.39 is 18.0 Å². The zero-order valence-electron chi connectivity index (χ0n) is 24.8. The molecule has 7 nitrogen and oxygen atoms in total. The van der Waals surface area contributed by atoms with Gasteiger partial charge in [-0.1, -0.05) is 66.7 Å². The molecule has 0 aliphatic rings. The van der Waals surface area contributed by atoms with E-state index in [1.807, 2.05) is 43.3 Å². The van der Waals surface area contributed by atoms with E-state index in [1.54, 1.807) is 12.1 Å². The molecule has 0 aliphatic heterocycles. The Balaban J connectivity index is 1.40. The van der Waals surface area contributed by atoms with Gasteiger partial charge in [-0.25, -0.2) is 9.59 Å². The van der Waals surface area contributed by atoms with Crippen LogP contribution in [0.5, 0.6) is 0 Å². The number of aliphatic hydroxyl groups excluding tert-OH is 1. The first kappa shape index (κ1) is 30.9. The first-order valence-corrected chi connectivity index (χ1v) is 14.0. The van der Waals surface area contributed by atoms with Crippen LogP contribution in [0.25, 0.3) is 21.9 Å². The van der Waals surface area contributed by atoms with Gasteiger partial charge in [0.15, 0.2) is 0 Å². The third-order valence-electron chi connectivity index (χ3n) is 7.30. The summed E-state index contributed by atoms with van der Waals surface area (Å²) in [7, 11) is 2.59. The molecule has 0 bridgehead atoms. The predicted molar refractivity (Wildman–Crippen MR) is 165 cm³/mol. The number of carbonyl (C=O) groups is 2. The fourth-order valence-electron chi connectivity index (χ4n) is 5.09. The van der Waals surface area contributed by atoms with Crippen molar-refractivity contribution >= 4 is 22.7 Å². The molecule has 4 aromatic rings. The Kier molecular flexibility index (Phi) is 10.1. The van der Waals surface area contributed by atoms with Crippen molar-refractivity contribution in [3.8, 4) is 11.1 Å². The van der Waals surface area contributed by atoms with Crippen molar-refractivity contribution < 1.29 is 28.9 Å². The van der Waals surface area contributed by atoms with E-state index >= 15 is 0 Å². The molecule has 0 radical (unpaired) electrons. The Morgan fingerprint density at radius 1 is 0.833 bits per heavy atom. The molecule has 0 amide bonds. The molecule has 7 heteroatoms. The third-order valence-corrected chi connectivity index (χ3v) is 7.30. The van der Waals surface area contributed by atoms with Gasteiger partial charge >= 0.3 is 11.9 Å². The lowest BCUT2D eigenvalue weighted by Crippen LogP contribution is -2.46. The molecule has 0 aromatic heterocycles. The van der Waals surface area contributed by atoms with Crippen LogP contribution in [0.15, 0.2) is 84.9 Å². The highest BCUT2D eigenvalue weighted by atomic mass is 16.5. The van der Waals surface area contributed by atoms with Gasteiger partial charge in [-0.15, -0.1) is 0 Å². The maximum absolute atomic E-state index is 12.3. The molecule has 0 saturated carbocycles. The smallest absolute Gasteiger partial charge is 0.337 e. The van der Waals surface area contributed by atoms with Gasteiger partial charge in [-0.05, 0) is 78.4 Å². The molecule has 0 aliphatic carbocycles. The molecular weight excluding hydrogens is 530 g/mol. The van der Waals surface area contributed by atoms with Gasteiger partial charge in [0, 0.05) is 12.1 Å². The predicted octanol–water partition coefficient (Wildman–Crippen LogP) is 6.13. The van der Waals surface area contributed by atoms with Crippen LogP contribution in [-0.2, 0) is 20.6 Å². The van der Waals surface area contributed by atoms with Crippen LogP contribution < -0.4 is 5.32 Å². The SMILES string of the molecule is COC(=O)c1cc(C(=O)OC)cc(-c2ccccc2C(C)OC[C@@H](O)CNC(C)(C)Cc2ccc3ccccc3c2)c1. The molecular formula is C35H39NO6. The van der Waals surface area contributed by atoms with E-state index in [0.29, 0.717) is 12.1 Å². The second kappa shape index (κ2) is 13.7. The van der Waals surface area contributed by atoms with Gasteiger partial charge in [-0.2, -0.15) is 0 Å². The highest BCUT2D eigenvalue weighted by Gasteiger charge is 2.21. The van der Waals surface area contributed by atoms with E-state index in [-0.39, 0.29) is 29.4 Å². The van der Waals surface area contributed by atoms with Gasteiger partial charge in [0.2, 0.25) is 0 Å². The molecule has 0 fully saturated rings. The Bertz CT molecular complexity index is 1510. The van der Waals surface area contributed by atoms with Gasteiger partial charge in [0.25, 0.3) is 0 Å². The van der Waals surface area contributed by atoms with Crippen molar-refractivity contribution in [3.05, 3.63) is 107 Å². The summed E-state index contributed by atoms with van der Waals surface area (Å²) in [6, 6.07) is 27.3. The van der Waals surface area contributed by atoms with Gasteiger partial charge in [0.05, 0.1) is 44.2 Å². The fraction of sp³-hybridized carbons (Fsp3) is 0.314. The number of ether oxygens (including phenoxy) is 3. The Labute approximate surface area is 247 Å². The number of benzene rings is 4. The molecule has 0 heterocycles. The Hall–Kier alpha value is -4.04. The van der Waals surface area contributed by atoms with Crippen LogP contribution in [0, 0.1) is 0 Å². The minimum Gasteiger partial charge on any atom is -0.465 e. The summed E-state index contributed by atoms with van der Waals surface area (Å²) >= 11 is 0. The van der Waals surface area contributed by atoms with E-state index in [4.69, 9.17) is 14.2 Å². The number of hydrogen-bond donors (Lipinski definition) is 2. The van der Waals surface area contributed by atoms with Crippen LogP contribution in [0.3, 0.4) is 0 Å². The minimum atomic E-state index is -0.718. The van der Waals surface area contributed by atoms with E-state index in [9.17, 15) is 14.7 Å². The van der Waals surface area contributed by atoms with Crippen molar-refractivity contribution in [1.82, 2.24) is 5.32 Å². The number of rotatable bonds is 12. The maximum atomic E-state index is 12.3. The summed E-state index contributed by atoms with van der Waals surface area (Å²) in [6.45, 7) is 6.66. The number of esters is 2. The molecule has 0 spiro atoms. The van der Waals surface area contributed by atoms with Crippen molar-refractivity contribution in [3.63, 3.8) is 0 Å². The molecule has 4 aromatic carbocycles. The van der Waals surface area contributed by atoms with Crippen molar-refractivity contribution in [2.75, 3.05) is 27.4 Å². The average Bonchev–Trinajstić information content (AvgIpc) is 3.01. The van der Waals surface area contributed by atoms with Crippen LogP contribution in [0.1, 0.15) is 58.7 Å². The van der Waals surface area contributed by atoms with Crippen LogP contribution >= 0.6 is 0 Å². The van der Waals surface area contributed by atoms with Gasteiger partial charge < -0.3 is 24.6 Å². The summed E-state index contributed by atoms with van der Waals surface area (Å²) in [6.07, 6.45) is -0.276. The lowest BCUT2D eigenvalue weighted by Gasteiger charge is -2.28. The molecule has 0 saturated heterocycles. The van der Waals surface area contributed by atoms with Crippen molar-refractivity contribution in [1.29, 1.82) is 0 Å². The molecule has 4 rings (SSSR count). The number of hydrogen-bond acceptors (Lipinski definition) is 7. The number of carbonyl (C=O) groups excluding carboxylic acids is 2. The normalized spacial score (nSPS) is 13.0. The quantitative estimate of drug-likeness (QED) is 0.198. The summed E-state index contributed by atoms with van der Waals surface area (Å²) in [5, 5.41) is 16.7. The molecule has 2 atom stereocenters. The monoisotopic (exact) mass is 569 g/mol. The zero-order valence-corrected chi connectivity index (χ0v) is 24.8. The third kappa shape index (κ3) is 7.82. The molecule has 1 unspecified atom stereocenters. The highest BCUT2D eigenvalue weighted by Crippen LogP contribution is 2.32. The summed E-state index contributed by atoms with van der Waals surface area (Å²) in [4.78, 5) is 24.6. The van der Waals surface area contributed by atoms with Crippen LogP contribution in [-0.4, -0.2) is 56.1 Å². The number of aliphatic hydroxyl groups is 1. The van der Waals surface area contributed by atoms with E-state index in [1.165, 1.54) is 36.6 Å². The second-order valence-electron chi connectivity index (χ2n) is 11.1. The lowest BCUT2D eigenvalue weighted by atomic mass is 9.93. The Morgan fingerprint density at radius 2 is 1.45 bits per heavy atom. The maximum Gasteiger partial charge on any atom is 0.337 e. The molecule has 2 N–H and O–H groups in total. The zero-order chi connectivity index (χ0) is 30.3. The lowest BCUT2D eigenvalue weighted by molar-refractivity contribution is -0.00397. The second-order valence-corrected chi connectivity index (χ2v) is 11.1. The van der Waals surface area contributed by atoms with E-state index in [2.05, 4.69) is 49.5 Å². The topological polar surface area (TPSA) is 94.1 Å². The first-order valence-electron chi connectivity index (χ1n) is 14.0. The van der Waals surface area contributed by atoms with Crippen molar-refractivity contribution in [2.24, 2.45) is 0 Å². The minimum absolute atomic E-state index is 0.129. The number of methoxy groups -OCH3 is 2. The Morgan fingerprint density at radius 3 is 2.12 bits per heavy atom. The largest absolute Gasteiger partial charge is 0.465 e. The molecule has 220 valence electrons. The van der Waals surface area contributed by atoms with Crippen molar-refractivity contribution in [2.45, 2.75) is 44.9 Å². The number of β-amino-alcohol motifs (C(OH)–C–C–N with tert-alkyl or cyclic N) is 1. The summed E-state index contributed by atoms with van der Waals surface area (Å²) in [5.41, 5.74) is 3.79.